The fourth-order valence-electron chi connectivity index (χ4n) is 2.86. The molecule has 2 N–H and O–H groups in total. The molecule has 0 spiro atoms. The molecule has 0 bridgehead atoms. The van der Waals surface area contributed by atoms with Crippen LogP contribution in [0, 0.1) is 5.92 Å². The predicted molar refractivity (Wildman–Crippen MR) is 78.7 cm³/mol. The van der Waals surface area contributed by atoms with Crippen molar-refractivity contribution >= 4 is 15.8 Å². The third-order valence-electron chi connectivity index (χ3n) is 4.16. The summed E-state index contributed by atoms with van der Waals surface area (Å²) in [5.41, 5.74) is 5.76. The summed E-state index contributed by atoms with van der Waals surface area (Å²) < 4.78 is 28.4. The van der Waals surface area contributed by atoms with Gasteiger partial charge in [0.25, 0.3) is 0 Å². The van der Waals surface area contributed by atoms with Crippen molar-refractivity contribution in [2.24, 2.45) is 5.92 Å². The summed E-state index contributed by atoms with van der Waals surface area (Å²) in [5, 5.41) is 4.03. The second kappa shape index (κ2) is 5.73. The van der Waals surface area contributed by atoms with E-state index < -0.39 is 10.0 Å². The van der Waals surface area contributed by atoms with E-state index in [0.717, 1.165) is 19.3 Å². The zero-order valence-corrected chi connectivity index (χ0v) is 13.2. The molecule has 1 aliphatic rings. The first-order valence-corrected chi connectivity index (χ1v) is 8.61. The third-order valence-corrected chi connectivity index (χ3v) is 6.09. The van der Waals surface area contributed by atoms with Gasteiger partial charge < -0.3 is 5.73 Å². The Kier molecular flexibility index (Phi) is 4.39. The highest BCUT2D eigenvalue weighted by molar-refractivity contribution is 7.89. The summed E-state index contributed by atoms with van der Waals surface area (Å²) in [6, 6.07) is 0.0631. The second-order valence-corrected chi connectivity index (χ2v) is 7.65. The molecule has 1 heterocycles. The van der Waals surface area contributed by atoms with E-state index in [9.17, 15) is 8.42 Å². The van der Waals surface area contributed by atoms with Gasteiger partial charge >= 0.3 is 0 Å². The van der Waals surface area contributed by atoms with Gasteiger partial charge in [0, 0.05) is 25.8 Å². The van der Waals surface area contributed by atoms with Crippen LogP contribution < -0.4 is 5.73 Å². The highest BCUT2D eigenvalue weighted by atomic mass is 32.2. The molecule has 1 aromatic rings. The number of anilines is 1. The van der Waals surface area contributed by atoms with Crippen LogP contribution in [0.5, 0.6) is 0 Å². The maximum Gasteiger partial charge on any atom is 0.248 e. The largest absolute Gasteiger partial charge is 0.381 e. The van der Waals surface area contributed by atoms with Gasteiger partial charge in [-0.25, -0.2) is 8.42 Å². The fourth-order valence-corrected chi connectivity index (χ4v) is 4.32. The summed E-state index contributed by atoms with van der Waals surface area (Å²) in [5.74, 6) is 0.657. The van der Waals surface area contributed by atoms with Gasteiger partial charge in [-0.1, -0.05) is 19.8 Å². The van der Waals surface area contributed by atoms with Crippen molar-refractivity contribution in [3.8, 4) is 0 Å². The van der Waals surface area contributed by atoms with Crippen LogP contribution in [0.25, 0.3) is 0 Å². The molecule has 0 aromatic carbocycles. The molecule has 1 aliphatic carbocycles. The molecule has 0 aliphatic heterocycles. The normalized spacial score (nSPS) is 24.2. The number of sulfonamides is 1. The van der Waals surface area contributed by atoms with Crippen LogP contribution in [0.4, 0.5) is 5.82 Å². The summed E-state index contributed by atoms with van der Waals surface area (Å²) in [6.45, 7) is 4.68. The smallest absolute Gasteiger partial charge is 0.248 e. The highest BCUT2D eigenvalue weighted by Gasteiger charge is 2.33. The molecule has 0 amide bonds. The molecule has 0 saturated heterocycles. The predicted octanol–water partition coefficient (Wildman–Crippen LogP) is 1.68. The van der Waals surface area contributed by atoms with E-state index in [1.807, 2.05) is 6.92 Å². The Balaban J connectivity index is 2.26. The SMILES string of the molecule is CCn1cc(S(=O)(=O)N(C)C2CCCC(C)C2)c(N)n1. The summed E-state index contributed by atoms with van der Waals surface area (Å²) in [6.07, 6.45) is 5.61. The average Bonchev–Trinajstić information content (AvgIpc) is 2.80. The molecule has 114 valence electrons. The van der Waals surface area contributed by atoms with Crippen molar-refractivity contribution in [2.45, 2.75) is 57.0 Å². The Morgan fingerprint density at radius 3 is 2.75 bits per heavy atom. The molecule has 7 heteroatoms. The maximum atomic E-state index is 12.7. The first kappa shape index (κ1) is 15.3. The van der Waals surface area contributed by atoms with E-state index in [1.54, 1.807) is 11.7 Å². The molecule has 20 heavy (non-hydrogen) atoms. The van der Waals surface area contributed by atoms with Crippen LogP contribution in [-0.2, 0) is 16.6 Å². The quantitative estimate of drug-likeness (QED) is 0.917. The number of aryl methyl sites for hydroxylation is 1. The lowest BCUT2D eigenvalue weighted by molar-refractivity contribution is 0.239. The molecule has 2 atom stereocenters. The fraction of sp³-hybridized carbons (Fsp3) is 0.769. The van der Waals surface area contributed by atoms with Crippen molar-refractivity contribution in [1.82, 2.24) is 14.1 Å². The van der Waals surface area contributed by atoms with E-state index in [-0.39, 0.29) is 16.8 Å². The Hall–Kier alpha value is -1.08. The van der Waals surface area contributed by atoms with Gasteiger partial charge in [-0.2, -0.15) is 9.40 Å². The van der Waals surface area contributed by atoms with E-state index >= 15 is 0 Å². The zero-order chi connectivity index (χ0) is 14.9. The number of rotatable bonds is 4. The van der Waals surface area contributed by atoms with Gasteiger partial charge in [0.1, 0.15) is 4.90 Å². The molecule has 1 saturated carbocycles. The molecular formula is C13H24N4O2S. The molecule has 2 rings (SSSR count). The van der Waals surface area contributed by atoms with E-state index in [1.165, 1.54) is 16.9 Å². The lowest BCUT2D eigenvalue weighted by Gasteiger charge is -2.33. The maximum absolute atomic E-state index is 12.7. The van der Waals surface area contributed by atoms with Gasteiger partial charge in [-0.3, -0.25) is 4.68 Å². The number of nitrogen functional groups attached to an aromatic ring is 1. The van der Waals surface area contributed by atoms with Crippen molar-refractivity contribution in [3.05, 3.63) is 6.20 Å². The van der Waals surface area contributed by atoms with Gasteiger partial charge in [0.2, 0.25) is 10.0 Å². The summed E-state index contributed by atoms with van der Waals surface area (Å²) >= 11 is 0. The zero-order valence-electron chi connectivity index (χ0n) is 12.4. The van der Waals surface area contributed by atoms with Gasteiger partial charge in [-0.05, 0) is 25.7 Å². The number of nitrogens with two attached hydrogens (primary N) is 1. The molecule has 1 fully saturated rings. The standard InChI is InChI=1S/C13H24N4O2S/c1-4-17-9-12(13(14)15-17)20(18,19)16(3)11-7-5-6-10(2)8-11/h9-11H,4-8H2,1-3H3,(H2,14,15). The van der Waals surface area contributed by atoms with Crippen LogP contribution in [-0.4, -0.2) is 35.6 Å². The minimum atomic E-state index is -3.56. The lowest BCUT2D eigenvalue weighted by Crippen LogP contribution is -2.39. The average molecular weight is 300 g/mol. The first-order valence-electron chi connectivity index (χ1n) is 7.17. The Bertz CT molecular complexity index is 567. The molecule has 2 unspecified atom stereocenters. The Morgan fingerprint density at radius 1 is 1.50 bits per heavy atom. The number of hydrogen-bond acceptors (Lipinski definition) is 4. The number of hydrogen-bond donors (Lipinski definition) is 1. The van der Waals surface area contributed by atoms with Crippen LogP contribution in [0.3, 0.4) is 0 Å². The molecule has 0 radical (unpaired) electrons. The Labute approximate surface area is 121 Å². The van der Waals surface area contributed by atoms with Crippen molar-refractivity contribution in [2.75, 3.05) is 12.8 Å². The van der Waals surface area contributed by atoms with Crippen molar-refractivity contribution < 1.29 is 8.42 Å². The van der Waals surface area contributed by atoms with Gasteiger partial charge in [0.15, 0.2) is 5.82 Å². The number of aromatic nitrogens is 2. The van der Waals surface area contributed by atoms with Crippen LogP contribution in [0.1, 0.15) is 39.5 Å². The van der Waals surface area contributed by atoms with Crippen molar-refractivity contribution in [1.29, 1.82) is 0 Å². The summed E-state index contributed by atoms with van der Waals surface area (Å²) in [4.78, 5) is 0.125. The van der Waals surface area contributed by atoms with Gasteiger partial charge in [0.05, 0.1) is 0 Å². The van der Waals surface area contributed by atoms with E-state index in [0.29, 0.717) is 12.5 Å². The molecule has 6 nitrogen and oxygen atoms in total. The highest BCUT2D eigenvalue weighted by Crippen LogP contribution is 2.30. The summed E-state index contributed by atoms with van der Waals surface area (Å²) in [7, 11) is -1.90. The second-order valence-electron chi connectivity index (χ2n) is 5.68. The van der Waals surface area contributed by atoms with Crippen molar-refractivity contribution in [3.63, 3.8) is 0 Å². The first-order chi connectivity index (χ1) is 9.36. The molecule has 1 aromatic heterocycles. The van der Waals surface area contributed by atoms with Crippen LogP contribution >= 0.6 is 0 Å². The van der Waals surface area contributed by atoms with E-state index in [4.69, 9.17) is 5.73 Å². The van der Waals surface area contributed by atoms with Crippen LogP contribution in [0.2, 0.25) is 0 Å². The molecular weight excluding hydrogens is 276 g/mol. The minimum absolute atomic E-state index is 0.0631. The monoisotopic (exact) mass is 300 g/mol. The van der Waals surface area contributed by atoms with Gasteiger partial charge in [-0.15, -0.1) is 0 Å². The topological polar surface area (TPSA) is 81.2 Å². The van der Waals surface area contributed by atoms with Crippen LogP contribution in [0.15, 0.2) is 11.1 Å². The Morgan fingerprint density at radius 2 is 2.20 bits per heavy atom. The minimum Gasteiger partial charge on any atom is -0.381 e. The number of nitrogens with zero attached hydrogens (tertiary/aromatic N) is 3. The lowest BCUT2D eigenvalue weighted by atomic mass is 9.87. The third kappa shape index (κ3) is 2.83. The van der Waals surface area contributed by atoms with E-state index in [2.05, 4.69) is 12.0 Å².